The Hall–Kier alpha value is -2.14. The number of fused-ring (bicyclic) bond motifs is 1. The highest BCUT2D eigenvalue weighted by Gasteiger charge is 2.41. The fourth-order valence-corrected chi connectivity index (χ4v) is 4.72. The molecule has 0 aromatic heterocycles. The number of carbonyl (C=O) groups is 2. The molecule has 2 aliphatic heterocycles. The summed E-state index contributed by atoms with van der Waals surface area (Å²) in [5, 5.41) is 0. The fraction of sp³-hybridized carbons (Fsp3) is 0.545. The standard InChI is InChI=1S/C22H31N3O2/c1-5-11-22(3,4)14-24-12-9-16(10-13-24)25-15(2)17-7-6-8-18(20(23)26)19(17)21(25)27/h5-8,15-16H,1,9-14H2,2-4H3,(H2,23,26). The van der Waals surface area contributed by atoms with E-state index < -0.39 is 5.91 Å². The van der Waals surface area contributed by atoms with Gasteiger partial charge in [-0.1, -0.05) is 32.1 Å². The number of likely N-dealkylation sites (tertiary alicyclic amines) is 1. The van der Waals surface area contributed by atoms with Gasteiger partial charge in [-0.05, 0) is 43.2 Å². The van der Waals surface area contributed by atoms with E-state index in [0.29, 0.717) is 11.1 Å². The van der Waals surface area contributed by atoms with Crippen molar-refractivity contribution in [3.8, 4) is 0 Å². The molecule has 27 heavy (non-hydrogen) atoms. The Morgan fingerprint density at radius 1 is 1.33 bits per heavy atom. The molecule has 0 spiro atoms. The number of nitrogens with zero attached hydrogens (tertiary/aromatic N) is 2. The average Bonchev–Trinajstić information content (AvgIpc) is 2.86. The van der Waals surface area contributed by atoms with Gasteiger partial charge < -0.3 is 15.5 Å². The number of amides is 2. The second-order valence-electron chi connectivity index (χ2n) is 8.69. The minimum Gasteiger partial charge on any atom is -0.366 e. The van der Waals surface area contributed by atoms with Gasteiger partial charge in [0.1, 0.15) is 0 Å². The first-order valence-corrected chi connectivity index (χ1v) is 9.84. The Balaban J connectivity index is 1.71. The molecule has 1 atom stereocenters. The van der Waals surface area contributed by atoms with Crippen molar-refractivity contribution >= 4 is 11.8 Å². The molecule has 0 radical (unpaired) electrons. The molecule has 3 rings (SSSR count). The molecular weight excluding hydrogens is 338 g/mol. The molecule has 5 nitrogen and oxygen atoms in total. The van der Waals surface area contributed by atoms with Gasteiger partial charge in [0.2, 0.25) is 5.91 Å². The molecule has 1 aromatic rings. The van der Waals surface area contributed by atoms with Crippen molar-refractivity contribution in [1.82, 2.24) is 9.80 Å². The number of piperidine rings is 1. The molecule has 146 valence electrons. The number of benzene rings is 1. The number of primary amides is 1. The summed E-state index contributed by atoms with van der Waals surface area (Å²) in [4.78, 5) is 29.4. The van der Waals surface area contributed by atoms with Crippen LogP contribution in [-0.2, 0) is 0 Å². The van der Waals surface area contributed by atoms with Crippen molar-refractivity contribution in [2.24, 2.45) is 11.1 Å². The minimum atomic E-state index is -0.534. The Bertz CT molecular complexity index is 748. The third-order valence-corrected chi connectivity index (χ3v) is 5.98. The van der Waals surface area contributed by atoms with Gasteiger partial charge in [0.15, 0.2) is 0 Å². The highest BCUT2D eigenvalue weighted by Crippen LogP contribution is 2.39. The third-order valence-electron chi connectivity index (χ3n) is 5.98. The molecule has 0 bridgehead atoms. The SMILES string of the molecule is C=CCC(C)(C)CN1CCC(N2C(=O)c3c(C(N)=O)cccc3C2C)CC1. The molecular formula is C22H31N3O2. The summed E-state index contributed by atoms with van der Waals surface area (Å²) in [6.07, 6.45) is 4.91. The summed E-state index contributed by atoms with van der Waals surface area (Å²) in [5.41, 5.74) is 7.49. The molecule has 2 heterocycles. The van der Waals surface area contributed by atoms with Gasteiger partial charge in [0.05, 0.1) is 17.2 Å². The first kappa shape index (κ1) is 19.6. The van der Waals surface area contributed by atoms with Crippen molar-refractivity contribution in [1.29, 1.82) is 0 Å². The first-order chi connectivity index (χ1) is 12.7. The molecule has 1 unspecified atom stereocenters. The van der Waals surface area contributed by atoms with Crippen molar-refractivity contribution in [2.75, 3.05) is 19.6 Å². The summed E-state index contributed by atoms with van der Waals surface area (Å²) >= 11 is 0. The number of carbonyl (C=O) groups excluding carboxylic acids is 2. The van der Waals surface area contributed by atoms with Crippen LogP contribution in [-0.4, -0.2) is 47.3 Å². The normalized spacial score (nSPS) is 21.4. The number of hydrogen-bond acceptors (Lipinski definition) is 3. The Morgan fingerprint density at radius 2 is 2.00 bits per heavy atom. The van der Waals surface area contributed by atoms with Gasteiger partial charge in [-0.25, -0.2) is 0 Å². The number of nitrogens with two attached hydrogens (primary N) is 1. The maximum absolute atomic E-state index is 13.1. The van der Waals surface area contributed by atoms with Gasteiger partial charge >= 0.3 is 0 Å². The summed E-state index contributed by atoms with van der Waals surface area (Å²) < 4.78 is 0. The van der Waals surface area contributed by atoms with Crippen LogP contribution in [0, 0.1) is 5.41 Å². The van der Waals surface area contributed by atoms with Gasteiger partial charge in [-0.15, -0.1) is 6.58 Å². The average molecular weight is 370 g/mol. The van der Waals surface area contributed by atoms with Crippen LogP contribution in [0.4, 0.5) is 0 Å². The summed E-state index contributed by atoms with van der Waals surface area (Å²) in [6.45, 7) is 13.5. The molecule has 2 amide bonds. The van der Waals surface area contributed by atoms with E-state index in [-0.39, 0.29) is 23.4 Å². The summed E-state index contributed by atoms with van der Waals surface area (Å²) in [7, 11) is 0. The minimum absolute atomic E-state index is 0.0134. The lowest BCUT2D eigenvalue weighted by Gasteiger charge is -2.41. The predicted octanol–water partition coefficient (Wildman–Crippen LogP) is 3.37. The molecule has 2 aliphatic rings. The first-order valence-electron chi connectivity index (χ1n) is 9.84. The van der Waals surface area contributed by atoms with E-state index in [4.69, 9.17) is 5.73 Å². The van der Waals surface area contributed by atoms with Crippen LogP contribution in [0.15, 0.2) is 30.9 Å². The molecule has 1 saturated heterocycles. The van der Waals surface area contributed by atoms with E-state index in [1.165, 1.54) is 0 Å². The van der Waals surface area contributed by atoms with Gasteiger partial charge in [-0.3, -0.25) is 9.59 Å². The maximum Gasteiger partial charge on any atom is 0.255 e. The molecule has 0 saturated carbocycles. The molecule has 5 heteroatoms. The summed E-state index contributed by atoms with van der Waals surface area (Å²) in [6, 6.07) is 5.60. The maximum atomic E-state index is 13.1. The largest absolute Gasteiger partial charge is 0.366 e. The van der Waals surface area contributed by atoms with E-state index in [0.717, 1.165) is 44.5 Å². The Kier molecular flexibility index (Phi) is 5.43. The zero-order chi connectivity index (χ0) is 19.8. The summed E-state index contributed by atoms with van der Waals surface area (Å²) in [5.74, 6) is -0.578. The van der Waals surface area contributed by atoms with Crippen molar-refractivity contribution in [2.45, 2.75) is 52.1 Å². The number of allylic oxidation sites excluding steroid dienone is 1. The van der Waals surface area contributed by atoms with Crippen LogP contribution in [0.25, 0.3) is 0 Å². The highest BCUT2D eigenvalue weighted by atomic mass is 16.2. The van der Waals surface area contributed by atoms with Crippen LogP contribution in [0.3, 0.4) is 0 Å². The molecule has 1 aromatic carbocycles. The number of hydrogen-bond donors (Lipinski definition) is 1. The lowest BCUT2D eigenvalue weighted by molar-refractivity contribution is 0.0473. The van der Waals surface area contributed by atoms with E-state index in [2.05, 4.69) is 25.3 Å². The topological polar surface area (TPSA) is 66.6 Å². The zero-order valence-corrected chi connectivity index (χ0v) is 16.7. The van der Waals surface area contributed by atoms with Crippen molar-refractivity contribution < 1.29 is 9.59 Å². The van der Waals surface area contributed by atoms with Crippen LogP contribution in [0.5, 0.6) is 0 Å². The lowest BCUT2D eigenvalue weighted by Crippen LogP contribution is -2.47. The molecule has 1 fully saturated rings. The van der Waals surface area contributed by atoms with E-state index >= 15 is 0 Å². The third kappa shape index (κ3) is 3.79. The van der Waals surface area contributed by atoms with Crippen molar-refractivity contribution in [3.05, 3.63) is 47.5 Å². The van der Waals surface area contributed by atoms with Crippen LogP contribution < -0.4 is 5.73 Å². The van der Waals surface area contributed by atoms with E-state index in [1.54, 1.807) is 6.07 Å². The zero-order valence-electron chi connectivity index (χ0n) is 16.7. The number of rotatable bonds is 6. The van der Waals surface area contributed by atoms with Crippen LogP contribution >= 0.6 is 0 Å². The monoisotopic (exact) mass is 369 g/mol. The predicted molar refractivity (Wildman–Crippen MR) is 108 cm³/mol. The van der Waals surface area contributed by atoms with Gasteiger partial charge in [-0.2, -0.15) is 0 Å². The van der Waals surface area contributed by atoms with Gasteiger partial charge in [0.25, 0.3) is 5.91 Å². The highest BCUT2D eigenvalue weighted by molar-refractivity contribution is 6.09. The fourth-order valence-electron chi connectivity index (χ4n) is 4.72. The smallest absolute Gasteiger partial charge is 0.255 e. The molecule has 2 N–H and O–H groups in total. The second-order valence-corrected chi connectivity index (χ2v) is 8.69. The quantitative estimate of drug-likeness (QED) is 0.782. The van der Waals surface area contributed by atoms with Crippen LogP contribution in [0.2, 0.25) is 0 Å². The van der Waals surface area contributed by atoms with E-state index in [1.807, 2.05) is 30.0 Å². The van der Waals surface area contributed by atoms with Gasteiger partial charge in [0, 0.05) is 25.7 Å². The Morgan fingerprint density at radius 3 is 2.59 bits per heavy atom. The molecule has 0 aliphatic carbocycles. The van der Waals surface area contributed by atoms with Crippen LogP contribution in [0.1, 0.15) is 72.4 Å². The lowest BCUT2D eigenvalue weighted by atomic mass is 9.87. The second kappa shape index (κ2) is 7.47. The van der Waals surface area contributed by atoms with Crippen molar-refractivity contribution in [3.63, 3.8) is 0 Å². The van der Waals surface area contributed by atoms with E-state index in [9.17, 15) is 9.59 Å². The Labute approximate surface area is 162 Å².